The highest BCUT2D eigenvalue weighted by Gasteiger charge is 2.16. The lowest BCUT2D eigenvalue weighted by atomic mass is 10.1. The van der Waals surface area contributed by atoms with Gasteiger partial charge in [-0.05, 0) is 18.5 Å². The summed E-state index contributed by atoms with van der Waals surface area (Å²) in [6.45, 7) is 2.92. The van der Waals surface area contributed by atoms with Crippen molar-refractivity contribution in [1.82, 2.24) is 10.3 Å². The van der Waals surface area contributed by atoms with Crippen LogP contribution in [0.1, 0.15) is 31.4 Å². The van der Waals surface area contributed by atoms with Crippen LogP contribution in [0.15, 0.2) is 18.3 Å². The minimum atomic E-state index is -0.237. The summed E-state index contributed by atoms with van der Waals surface area (Å²) in [7, 11) is 2.97. The second-order valence-electron chi connectivity index (χ2n) is 3.92. The number of rotatable bonds is 7. The number of methoxy groups -OCH3 is 2. The van der Waals surface area contributed by atoms with Crippen LogP contribution in [0.25, 0.3) is 0 Å². The van der Waals surface area contributed by atoms with E-state index in [1.165, 1.54) is 7.11 Å². The molecule has 0 saturated heterocycles. The van der Waals surface area contributed by atoms with E-state index in [9.17, 15) is 4.79 Å². The Hall–Kier alpha value is -1.62. The van der Waals surface area contributed by atoms with Gasteiger partial charge in [0.25, 0.3) is 0 Å². The third-order valence-electron chi connectivity index (χ3n) is 2.61. The van der Waals surface area contributed by atoms with E-state index in [2.05, 4.69) is 17.2 Å². The standard InChI is InChI=1S/C13H20N2O3/c1-4-7-14-11(8-13(16)18-3)10-5-6-12(17-2)15-9-10/h5-6,9,11,14H,4,7-8H2,1-3H3. The maximum absolute atomic E-state index is 11.4. The molecule has 0 spiro atoms. The number of aromatic nitrogens is 1. The number of hydrogen-bond donors (Lipinski definition) is 1. The van der Waals surface area contributed by atoms with Gasteiger partial charge in [0, 0.05) is 18.3 Å². The van der Waals surface area contributed by atoms with Gasteiger partial charge in [0.2, 0.25) is 5.88 Å². The summed E-state index contributed by atoms with van der Waals surface area (Å²) < 4.78 is 9.71. The monoisotopic (exact) mass is 252 g/mol. The SMILES string of the molecule is CCCNC(CC(=O)OC)c1ccc(OC)nc1. The number of ether oxygens (including phenoxy) is 2. The number of hydrogen-bond acceptors (Lipinski definition) is 5. The quantitative estimate of drug-likeness (QED) is 0.748. The molecule has 0 bridgehead atoms. The van der Waals surface area contributed by atoms with E-state index in [1.807, 2.05) is 6.07 Å². The number of pyridine rings is 1. The molecule has 1 unspecified atom stereocenters. The fourth-order valence-corrected chi connectivity index (χ4v) is 1.60. The van der Waals surface area contributed by atoms with Crippen molar-refractivity contribution < 1.29 is 14.3 Å². The summed E-state index contributed by atoms with van der Waals surface area (Å²) in [6.07, 6.45) is 3.01. The topological polar surface area (TPSA) is 60.5 Å². The Labute approximate surface area is 108 Å². The van der Waals surface area contributed by atoms with Gasteiger partial charge in [-0.25, -0.2) is 4.98 Å². The van der Waals surface area contributed by atoms with Crippen molar-refractivity contribution in [2.24, 2.45) is 0 Å². The molecule has 0 aliphatic carbocycles. The van der Waals surface area contributed by atoms with Crippen LogP contribution < -0.4 is 10.1 Å². The summed E-state index contributed by atoms with van der Waals surface area (Å²) in [6, 6.07) is 3.62. The van der Waals surface area contributed by atoms with E-state index < -0.39 is 0 Å². The van der Waals surface area contributed by atoms with Crippen molar-refractivity contribution in [1.29, 1.82) is 0 Å². The number of nitrogens with one attached hydrogen (secondary N) is 1. The number of esters is 1. The Morgan fingerprint density at radius 2 is 2.22 bits per heavy atom. The average molecular weight is 252 g/mol. The molecule has 1 atom stereocenters. The van der Waals surface area contributed by atoms with Gasteiger partial charge in [-0.3, -0.25) is 4.79 Å². The van der Waals surface area contributed by atoms with E-state index >= 15 is 0 Å². The summed E-state index contributed by atoms with van der Waals surface area (Å²) in [4.78, 5) is 15.5. The van der Waals surface area contributed by atoms with E-state index in [0.29, 0.717) is 12.3 Å². The Balaban J connectivity index is 2.75. The molecule has 100 valence electrons. The maximum Gasteiger partial charge on any atom is 0.307 e. The van der Waals surface area contributed by atoms with Crippen molar-refractivity contribution in [3.05, 3.63) is 23.9 Å². The number of nitrogens with zero attached hydrogens (tertiary/aromatic N) is 1. The Morgan fingerprint density at radius 3 is 2.72 bits per heavy atom. The van der Waals surface area contributed by atoms with E-state index in [0.717, 1.165) is 18.5 Å². The molecule has 0 aliphatic rings. The minimum absolute atomic E-state index is 0.0733. The summed E-state index contributed by atoms with van der Waals surface area (Å²) in [5.41, 5.74) is 0.953. The highest BCUT2D eigenvalue weighted by molar-refractivity contribution is 5.70. The normalized spacial score (nSPS) is 11.9. The van der Waals surface area contributed by atoms with Gasteiger partial charge in [-0.1, -0.05) is 13.0 Å². The first-order valence-corrected chi connectivity index (χ1v) is 6.01. The zero-order chi connectivity index (χ0) is 13.4. The lowest BCUT2D eigenvalue weighted by Crippen LogP contribution is -2.25. The molecule has 0 aliphatic heterocycles. The van der Waals surface area contributed by atoms with Crippen molar-refractivity contribution in [2.45, 2.75) is 25.8 Å². The first-order chi connectivity index (χ1) is 8.71. The lowest BCUT2D eigenvalue weighted by Gasteiger charge is -2.17. The van der Waals surface area contributed by atoms with Crippen LogP contribution in [0.2, 0.25) is 0 Å². The third kappa shape index (κ3) is 4.33. The number of carbonyl (C=O) groups excluding carboxylic acids is 1. The molecule has 0 amide bonds. The predicted octanol–water partition coefficient (Wildman–Crippen LogP) is 1.69. The van der Waals surface area contributed by atoms with Gasteiger partial charge in [0.1, 0.15) is 0 Å². The largest absolute Gasteiger partial charge is 0.481 e. The van der Waals surface area contributed by atoms with Crippen LogP contribution in [0.3, 0.4) is 0 Å². The van der Waals surface area contributed by atoms with Gasteiger partial charge in [0.15, 0.2) is 0 Å². The highest BCUT2D eigenvalue weighted by Crippen LogP contribution is 2.18. The minimum Gasteiger partial charge on any atom is -0.481 e. The summed E-state index contributed by atoms with van der Waals surface area (Å²) in [5, 5.41) is 3.31. The van der Waals surface area contributed by atoms with Crippen molar-refractivity contribution in [2.75, 3.05) is 20.8 Å². The molecule has 1 aromatic rings. The van der Waals surface area contributed by atoms with Crippen LogP contribution in [-0.4, -0.2) is 31.7 Å². The molecular formula is C13H20N2O3. The molecule has 1 rings (SSSR count). The Bertz CT molecular complexity index is 365. The van der Waals surface area contributed by atoms with Crippen LogP contribution in [0.5, 0.6) is 5.88 Å². The molecule has 0 aromatic carbocycles. The van der Waals surface area contributed by atoms with Crippen molar-refractivity contribution >= 4 is 5.97 Å². The van der Waals surface area contributed by atoms with E-state index in [1.54, 1.807) is 19.4 Å². The molecule has 5 nitrogen and oxygen atoms in total. The highest BCUT2D eigenvalue weighted by atomic mass is 16.5. The molecule has 0 fully saturated rings. The molecule has 1 aromatic heterocycles. The first kappa shape index (κ1) is 14.4. The molecule has 18 heavy (non-hydrogen) atoms. The summed E-state index contributed by atoms with van der Waals surface area (Å²) >= 11 is 0. The molecule has 0 saturated carbocycles. The van der Waals surface area contributed by atoms with Crippen LogP contribution >= 0.6 is 0 Å². The fourth-order valence-electron chi connectivity index (χ4n) is 1.60. The molecule has 1 N–H and O–H groups in total. The predicted molar refractivity (Wildman–Crippen MR) is 68.5 cm³/mol. The summed E-state index contributed by atoms with van der Waals surface area (Å²) in [5.74, 6) is 0.325. The molecule has 0 radical (unpaired) electrons. The van der Waals surface area contributed by atoms with Gasteiger partial charge in [-0.2, -0.15) is 0 Å². The lowest BCUT2D eigenvalue weighted by molar-refractivity contribution is -0.141. The van der Waals surface area contributed by atoms with Crippen LogP contribution in [0.4, 0.5) is 0 Å². The maximum atomic E-state index is 11.4. The number of carbonyl (C=O) groups is 1. The van der Waals surface area contributed by atoms with Crippen molar-refractivity contribution in [3.8, 4) is 5.88 Å². The first-order valence-electron chi connectivity index (χ1n) is 6.01. The third-order valence-corrected chi connectivity index (χ3v) is 2.61. The van der Waals surface area contributed by atoms with Gasteiger partial charge >= 0.3 is 5.97 Å². The fraction of sp³-hybridized carbons (Fsp3) is 0.538. The van der Waals surface area contributed by atoms with Gasteiger partial charge in [-0.15, -0.1) is 0 Å². The average Bonchev–Trinajstić information content (AvgIpc) is 2.43. The second kappa shape index (κ2) is 7.66. The zero-order valence-corrected chi connectivity index (χ0v) is 11.1. The molecule has 5 heteroatoms. The Kier molecular flexibility index (Phi) is 6.14. The van der Waals surface area contributed by atoms with Gasteiger partial charge < -0.3 is 14.8 Å². The second-order valence-corrected chi connectivity index (χ2v) is 3.92. The zero-order valence-electron chi connectivity index (χ0n) is 11.1. The van der Waals surface area contributed by atoms with Gasteiger partial charge in [0.05, 0.1) is 20.6 Å². The van der Waals surface area contributed by atoms with E-state index in [-0.39, 0.29) is 12.0 Å². The smallest absolute Gasteiger partial charge is 0.307 e. The van der Waals surface area contributed by atoms with Crippen molar-refractivity contribution in [3.63, 3.8) is 0 Å². The van der Waals surface area contributed by atoms with Crippen LogP contribution in [-0.2, 0) is 9.53 Å². The van der Waals surface area contributed by atoms with E-state index in [4.69, 9.17) is 9.47 Å². The molecule has 1 heterocycles. The molecular weight excluding hydrogens is 232 g/mol. The van der Waals surface area contributed by atoms with Crippen LogP contribution in [0, 0.1) is 0 Å². The Morgan fingerprint density at radius 1 is 1.44 bits per heavy atom.